The molecular weight excluding hydrogens is 276 g/mol. The van der Waals surface area contributed by atoms with E-state index in [9.17, 15) is 4.79 Å². The minimum absolute atomic E-state index is 0.0563. The third-order valence-corrected chi connectivity index (χ3v) is 4.38. The Bertz CT molecular complexity index is 564. The normalized spacial score (nSPS) is 20.7. The van der Waals surface area contributed by atoms with Crippen molar-refractivity contribution in [3.05, 3.63) is 48.6 Å². The van der Waals surface area contributed by atoms with Gasteiger partial charge in [0.2, 0.25) is 5.91 Å². The van der Waals surface area contributed by atoms with Crippen molar-refractivity contribution >= 4 is 11.6 Å². The first kappa shape index (κ1) is 14.8. The Hall–Kier alpha value is -2.10. The van der Waals surface area contributed by atoms with E-state index in [0.717, 1.165) is 30.5 Å². The highest BCUT2D eigenvalue weighted by molar-refractivity contribution is 6.01. The summed E-state index contributed by atoms with van der Waals surface area (Å²) in [4.78, 5) is 19.8. The second-order valence-electron chi connectivity index (χ2n) is 6.00. The van der Waals surface area contributed by atoms with E-state index in [1.54, 1.807) is 6.08 Å². The van der Waals surface area contributed by atoms with Crippen molar-refractivity contribution in [3.63, 3.8) is 0 Å². The van der Waals surface area contributed by atoms with Crippen molar-refractivity contribution in [2.45, 2.75) is 31.8 Å². The smallest absolute Gasteiger partial charge is 0.226 e. The molecule has 4 nitrogen and oxygen atoms in total. The molecular formula is C18H22N2O2. The van der Waals surface area contributed by atoms with E-state index < -0.39 is 0 Å². The molecule has 1 saturated carbocycles. The molecule has 0 unspecified atom stereocenters. The van der Waals surface area contributed by atoms with Crippen LogP contribution < -0.4 is 0 Å². The molecule has 3 rings (SSSR count). The van der Waals surface area contributed by atoms with Gasteiger partial charge in [0.25, 0.3) is 0 Å². The van der Waals surface area contributed by atoms with Crippen LogP contribution in [-0.4, -0.2) is 35.7 Å². The second kappa shape index (κ2) is 6.77. The topological polar surface area (TPSA) is 41.9 Å². The number of oxime groups is 1. The maximum absolute atomic E-state index is 12.4. The average molecular weight is 298 g/mol. The van der Waals surface area contributed by atoms with Crippen LogP contribution in [0.25, 0.3) is 0 Å². The molecule has 0 spiro atoms. The molecule has 0 aromatic heterocycles. The number of benzene rings is 1. The maximum Gasteiger partial charge on any atom is 0.226 e. The van der Waals surface area contributed by atoms with E-state index in [4.69, 9.17) is 4.84 Å². The van der Waals surface area contributed by atoms with Gasteiger partial charge in [-0.25, -0.2) is 0 Å². The van der Waals surface area contributed by atoms with Gasteiger partial charge in [-0.15, -0.1) is 6.58 Å². The number of carbonyl (C=O) groups is 1. The summed E-state index contributed by atoms with van der Waals surface area (Å²) >= 11 is 0. The van der Waals surface area contributed by atoms with Crippen LogP contribution in [0.15, 0.2) is 48.1 Å². The first-order valence-corrected chi connectivity index (χ1v) is 7.95. The van der Waals surface area contributed by atoms with Crippen LogP contribution in [0.3, 0.4) is 0 Å². The Balaban J connectivity index is 1.58. The molecule has 1 aliphatic carbocycles. The number of amides is 1. The monoisotopic (exact) mass is 298 g/mol. The van der Waals surface area contributed by atoms with Crippen LogP contribution in [0, 0.1) is 5.92 Å². The molecule has 22 heavy (non-hydrogen) atoms. The summed E-state index contributed by atoms with van der Waals surface area (Å²) in [7, 11) is 0. The number of carbonyl (C=O) groups excluding carboxylic acids is 1. The number of nitrogens with zero attached hydrogens (tertiary/aromatic N) is 2. The summed E-state index contributed by atoms with van der Waals surface area (Å²) < 4.78 is 0. The number of hydrogen-bond acceptors (Lipinski definition) is 3. The molecule has 2 aliphatic rings. The van der Waals surface area contributed by atoms with E-state index in [-0.39, 0.29) is 17.9 Å². The lowest BCUT2D eigenvalue weighted by Crippen LogP contribution is -2.43. The van der Waals surface area contributed by atoms with Gasteiger partial charge in [-0.05, 0) is 18.4 Å². The van der Waals surface area contributed by atoms with Crippen LogP contribution in [0.2, 0.25) is 0 Å². The SMILES string of the molecule is C=CCN(C[C@@H]1CC(c2ccccc2)=NO1)C(=O)C1CCC1. The molecule has 1 heterocycles. The highest BCUT2D eigenvalue weighted by Gasteiger charge is 2.32. The van der Waals surface area contributed by atoms with Crippen LogP contribution in [-0.2, 0) is 9.63 Å². The fraction of sp³-hybridized carbons (Fsp3) is 0.444. The minimum atomic E-state index is -0.0563. The van der Waals surface area contributed by atoms with E-state index in [2.05, 4.69) is 11.7 Å². The molecule has 1 aromatic rings. The number of hydrogen-bond donors (Lipinski definition) is 0. The van der Waals surface area contributed by atoms with Gasteiger partial charge in [-0.3, -0.25) is 4.79 Å². The van der Waals surface area contributed by atoms with Gasteiger partial charge in [-0.1, -0.05) is 48.0 Å². The number of rotatable bonds is 6. The van der Waals surface area contributed by atoms with Crippen molar-refractivity contribution in [2.75, 3.05) is 13.1 Å². The Morgan fingerprint density at radius 3 is 2.77 bits per heavy atom. The fourth-order valence-electron chi connectivity index (χ4n) is 2.90. The zero-order chi connectivity index (χ0) is 15.4. The fourth-order valence-corrected chi connectivity index (χ4v) is 2.90. The zero-order valence-corrected chi connectivity index (χ0v) is 12.8. The van der Waals surface area contributed by atoms with Gasteiger partial charge in [-0.2, -0.15) is 0 Å². The van der Waals surface area contributed by atoms with Gasteiger partial charge in [0, 0.05) is 18.9 Å². The molecule has 4 heteroatoms. The van der Waals surface area contributed by atoms with Crippen LogP contribution >= 0.6 is 0 Å². The quantitative estimate of drug-likeness (QED) is 0.758. The molecule has 0 saturated heterocycles. The summed E-state index contributed by atoms with van der Waals surface area (Å²) in [6.07, 6.45) is 5.67. The average Bonchev–Trinajstić information content (AvgIpc) is 2.94. The first-order chi connectivity index (χ1) is 10.8. The van der Waals surface area contributed by atoms with Crippen molar-refractivity contribution in [1.82, 2.24) is 4.90 Å². The molecule has 1 amide bonds. The van der Waals surface area contributed by atoms with Crippen molar-refractivity contribution in [1.29, 1.82) is 0 Å². The first-order valence-electron chi connectivity index (χ1n) is 7.95. The molecule has 116 valence electrons. The summed E-state index contributed by atoms with van der Waals surface area (Å²) in [5.41, 5.74) is 2.05. The molecule has 1 fully saturated rings. The molecule has 0 radical (unpaired) electrons. The zero-order valence-electron chi connectivity index (χ0n) is 12.8. The highest BCUT2D eigenvalue weighted by atomic mass is 16.6. The standard InChI is InChI=1S/C18H22N2O2/c1-2-11-20(18(21)15-9-6-10-15)13-16-12-17(19-22-16)14-7-4-3-5-8-14/h2-5,7-8,15-16H,1,6,9-13H2/t16-/m0/s1. The Morgan fingerprint density at radius 1 is 1.36 bits per heavy atom. The van der Waals surface area contributed by atoms with E-state index >= 15 is 0 Å². The maximum atomic E-state index is 12.4. The van der Waals surface area contributed by atoms with Crippen LogP contribution in [0.1, 0.15) is 31.2 Å². The summed E-state index contributed by atoms with van der Waals surface area (Å²) in [5, 5.41) is 4.19. The summed E-state index contributed by atoms with van der Waals surface area (Å²) in [6.45, 7) is 4.92. The van der Waals surface area contributed by atoms with Gasteiger partial charge in [0.1, 0.15) is 0 Å². The second-order valence-corrected chi connectivity index (χ2v) is 6.00. The van der Waals surface area contributed by atoms with Crippen molar-refractivity contribution in [3.8, 4) is 0 Å². The molecule has 1 aliphatic heterocycles. The minimum Gasteiger partial charge on any atom is -0.390 e. The largest absolute Gasteiger partial charge is 0.390 e. The molecule has 0 N–H and O–H groups in total. The lowest BCUT2D eigenvalue weighted by Gasteiger charge is -2.32. The third kappa shape index (κ3) is 3.21. The van der Waals surface area contributed by atoms with E-state index in [1.807, 2.05) is 35.2 Å². The Morgan fingerprint density at radius 2 is 2.14 bits per heavy atom. The summed E-state index contributed by atoms with van der Waals surface area (Å²) in [5.74, 6) is 0.443. The van der Waals surface area contributed by atoms with Gasteiger partial charge in [0.05, 0.1) is 12.3 Å². The van der Waals surface area contributed by atoms with Crippen molar-refractivity contribution in [2.24, 2.45) is 11.1 Å². The van der Waals surface area contributed by atoms with Crippen molar-refractivity contribution < 1.29 is 9.63 Å². The Labute approximate surface area is 131 Å². The van der Waals surface area contributed by atoms with Crippen LogP contribution in [0.5, 0.6) is 0 Å². The molecule has 0 bridgehead atoms. The molecule has 1 atom stereocenters. The third-order valence-electron chi connectivity index (χ3n) is 4.38. The molecule has 1 aromatic carbocycles. The lowest BCUT2D eigenvalue weighted by molar-refractivity contribution is -0.139. The van der Waals surface area contributed by atoms with Gasteiger partial charge >= 0.3 is 0 Å². The predicted molar refractivity (Wildman–Crippen MR) is 86.6 cm³/mol. The highest BCUT2D eigenvalue weighted by Crippen LogP contribution is 2.29. The van der Waals surface area contributed by atoms with Gasteiger partial charge in [0.15, 0.2) is 6.10 Å². The van der Waals surface area contributed by atoms with E-state index in [1.165, 1.54) is 6.42 Å². The van der Waals surface area contributed by atoms with Gasteiger partial charge < -0.3 is 9.74 Å². The van der Waals surface area contributed by atoms with Crippen LogP contribution in [0.4, 0.5) is 0 Å². The Kier molecular flexibility index (Phi) is 4.56. The summed E-state index contributed by atoms with van der Waals surface area (Å²) in [6, 6.07) is 10.0. The van der Waals surface area contributed by atoms with E-state index in [0.29, 0.717) is 13.1 Å². The lowest BCUT2D eigenvalue weighted by atomic mass is 9.84. The predicted octanol–water partition coefficient (Wildman–Crippen LogP) is 2.99.